The molecule has 0 saturated heterocycles. The van der Waals surface area contributed by atoms with E-state index < -0.39 is 0 Å². The van der Waals surface area contributed by atoms with Crippen LogP contribution >= 0.6 is 0 Å². The standard InChI is InChI=1S/C17H34/c1-8-13(3)10-15(9-2)17(7)11-14(4)16(5,6)12-17/h13-15H,8-12H2,1-7H3. The zero-order valence-corrected chi connectivity index (χ0v) is 13.3. The fourth-order valence-electron chi connectivity index (χ4n) is 4.17. The summed E-state index contributed by atoms with van der Waals surface area (Å²) in [6.07, 6.45) is 7.01. The summed E-state index contributed by atoms with van der Waals surface area (Å²) in [7, 11) is 0. The predicted octanol–water partition coefficient (Wildman–Crippen LogP) is 5.91. The highest BCUT2D eigenvalue weighted by molar-refractivity contribution is 4.98. The van der Waals surface area contributed by atoms with Gasteiger partial charge in [0.2, 0.25) is 0 Å². The van der Waals surface area contributed by atoms with Crippen molar-refractivity contribution in [1.29, 1.82) is 0 Å². The molecule has 102 valence electrons. The lowest BCUT2D eigenvalue weighted by Crippen LogP contribution is -2.27. The van der Waals surface area contributed by atoms with Crippen LogP contribution in [0.2, 0.25) is 0 Å². The Balaban J connectivity index is 2.75. The van der Waals surface area contributed by atoms with E-state index in [2.05, 4.69) is 48.5 Å². The minimum absolute atomic E-state index is 0.553. The van der Waals surface area contributed by atoms with E-state index in [0.29, 0.717) is 10.8 Å². The SMILES string of the molecule is CCC(C)CC(CC)C1(C)CC(C)C(C)(C)C1. The Morgan fingerprint density at radius 2 is 1.71 bits per heavy atom. The van der Waals surface area contributed by atoms with E-state index in [1.54, 1.807) is 0 Å². The van der Waals surface area contributed by atoms with Gasteiger partial charge in [-0.3, -0.25) is 0 Å². The zero-order valence-electron chi connectivity index (χ0n) is 13.3. The second-order valence-corrected chi connectivity index (χ2v) is 7.78. The van der Waals surface area contributed by atoms with Gasteiger partial charge in [0.05, 0.1) is 0 Å². The lowest BCUT2D eigenvalue weighted by molar-refractivity contribution is 0.138. The van der Waals surface area contributed by atoms with E-state index in [4.69, 9.17) is 0 Å². The maximum absolute atomic E-state index is 2.56. The average Bonchev–Trinajstić information content (AvgIpc) is 2.44. The Morgan fingerprint density at radius 3 is 2.06 bits per heavy atom. The maximum Gasteiger partial charge on any atom is -0.0290 e. The Morgan fingerprint density at radius 1 is 1.12 bits per heavy atom. The van der Waals surface area contributed by atoms with Crippen molar-refractivity contribution in [1.82, 2.24) is 0 Å². The monoisotopic (exact) mass is 238 g/mol. The minimum Gasteiger partial charge on any atom is -0.0651 e. The summed E-state index contributed by atoms with van der Waals surface area (Å²) in [6.45, 7) is 17.1. The van der Waals surface area contributed by atoms with E-state index in [-0.39, 0.29) is 0 Å². The van der Waals surface area contributed by atoms with Crippen LogP contribution in [0.4, 0.5) is 0 Å². The molecule has 0 aliphatic heterocycles. The molecule has 0 aromatic heterocycles. The summed E-state index contributed by atoms with van der Waals surface area (Å²) in [5.74, 6) is 2.72. The van der Waals surface area contributed by atoms with Crippen molar-refractivity contribution in [3.8, 4) is 0 Å². The third kappa shape index (κ3) is 3.26. The summed E-state index contributed by atoms with van der Waals surface area (Å²) in [5, 5.41) is 0. The number of hydrogen-bond donors (Lipinski definition) is 0. The summed E-state index contributed by atoms with van der Waals surface area (Å²) < 4.78 is 0. The predicted molar refractivity (Wildman–Crippen MR) is 78.1 cm³/mol. The Kier molecular flexibility index (Phi) is 4.72. The van der Waals surface area contributed by atoms with Crippen LogP contribution in [-0.2, 0) is 0 Å². The van der Waals surface area contributed by atoms with Gasteiger partial charge in [-0.15, -0.1) is 0 Å². The summed E-state index contributed by atoms with van der Waals surface area (Å²) in [4.78, 5) is 0. The molecule has 1 saturated carbocycles. The molecular weight excluding hydrogens is 204 g/mol. The lowest BCUT2D eigenvalue weighted by atomic mass is 9.69. The maximum atomic E-state index is 2.56. The third-order valence-corrected chi connectivity index (χ3v) is 5.83. The van der Waals surface area contributed by atoms with Gasteiger partial charge >= 0.3 is 0 Å². The van der Waals surface area contributed by atoms with Crippen LogP contribution in [0.5, 0.6) is 0 Å². The van der Waals surface area contributed by atoms with Gasteiger partial charge in [-0.05, 0) is 47.8 Å². The first-order chi connectivity index (χ1) is 7.75. The molecule has 1 rings (SSSR count). The molecular formula is C17H34. The van der Waals surface area contributed by atoms with E-state index in [0.717, 1.165) is 17.8 Å². The first-order valence-corrected chi connectivity index (χ1v) is 7.75. The molecule has 4 unspecified atom stereocenters. The van der Waals surface area contributed by atoms with Crippen molar-refractivity contribution in [2.75, 3.05) is 0 Å². The molecule has 0 nitrogen and oxygen atoms in total. The molecule has 17 heavy (non-hydrogen) atoms. The fraction of sp³-hybridized carbons (Fsp3) is 1.00. The molecule has 0 heteroatoms. The molecule has 0 spiro atoms. The second kappa shape index (κ2) is 5.33. The average molecular weight is 238 g/mol. The summed E-state index contributed by atoms with van der Waals surface area (Å²) in [5.41, 5.74) is 1.15. The fourth-order valence-corrected chi connectivity index (χ4v) is 4.17. The van der Waals surface area contributed by atoms with Gasteiger partial charge in [-0.25, -0.2) is 0 Å². The van der Waals surface area contributed by atoms with Crippen molar-refractivity contribution >= 4 is 0 Å². The molecule has 0 N–H and O–H groups in total. The topological polar surface area (TPSA) is 0 Å². The van der Waals surface area contributed by atoms with Gasteiger partial charge < -0.3 is 0 Å². The molecule has 4 atom stereocenters. The van der Waals surface area contributed by atoms with Gasteiger partial charge in [0.25, 0.3) is 0 Å². The first kappa shape index (κ1) is 15.1. The number of hydrogen-bond acceptors (Lipinski definition) is 0. The molecule has 0 aromatic rings. The molecule has 1 fully saturated rings. The van der Waals surface area contributed by atoms with Gasteiger partial charge in [0.1, 0.15) is 0 Å². The Hall–Kier alpha value is 0. The zero-order chi connectivity index (χ0) is 13.3. The van der Waals surface area contributed by atoms with Crippen molar-refractivity contribution in [3.63, 3.8) is 0 Å². The van der Waals surface area contributed by atoms with Crippen LogP contribution in [0.15, 0.2) is 0 Å². The first-order valence-electron chi connectivity index (χ1n) is 7.75. The molecule has 0 radical (unpaired) electrons. The van der Waals surface area contributed by atoms with Crippen LogP contribution in [0.1, 0.15) is 80.6 Å². The van der Waals surface area contributed by atoms with Crippen LogP contribution in [0, 0.1) is 28.6 Å². The molecule has 0 bridgehead atoms. The highest BCUT2D eigenvalue weighted by Gasteiger charge is 2.48. The molecule has 0 heterocycles. The van der Waals surface area contributed by atoms with E-state index in [1.165, 1.54) is 32.1 Å². The molecule has 1 aliphatic carbocycles. The minimum atomic E-state index is 0.553. The van der Waals surface area contributed by atoms with Gasteiger partial charge in [0.15, 0.2) is 0 Å². The summed E-state index contributed by atoms with van der Waals surface area (Å²) in [6, 6.07) is 0. The van der Waals surface area contributed by atoms with Gasteiger partial charge in [-0.1, -0.05) is 61.3 Å². The normalized spacial score (nSPS) is 35.8. The quantitative estimate of drug-likeness (QED) is 0.558. The molecule has 0 amide bonds. The highest BCUT2D eigenvalue weighted by Crippen LogP contribution is 2.57. The van der Waals surface area contributed by atoms with Crippen LogP contribution in [0.25, 0.3) is 0 Å². The highest BCUT2D eigenvalue weighted by atomic mass is 14.5. The molecule has 1 aliphatic rings. The van der Waals surface area contributed by atoms with E-state index in [1.807, 2.05) is 0 Å². The van der Waals surface area contributed by atoms with Crippen LogP contribution in [0.3, 0.4) is 0 Å². The smallest absolute Gasteiger partial charge is 0.0290 e. The second-order valence-electron chi connectivity index (χ2n) is 7.78. The van der Waals surface area contributed by atoms with Crippen molar-refractivity contribution in [3.05, 3.63) is 0 Å². The Labute approximate surface area is 110 Å². The summed E-state index contributed by atoms with van der Waals surface area (Å²) >= 11 is 0. The largest absolute Gasteiger partial charge is 0.0651 e. The van der Waals surface area contributed by atoms with Crippen molar-refractivity contribution in [2.24, 2.45) is 28.6 Å². The van der Waals surface area contributed by atoms with Crippen molar-refractivity contribution < 1.29 is 0 Å². The Bertz CT molecular complexity index is 240. The van der Waals surface area contributed by atoms with Crippen LogP contribution < -0.4 is 0 Å². The third-order valence-electron chi connectivity index (χ3n) is 5.83. The van der Waals surface area contributed by atoms with Gasteiger partial charge in [0, 0.05) is 0 Å². The van der Waals surface area contributed by atoms with E-state index >= 15 is 0 Å². The molecule has 0 aromatic carbocycles. The van der Waals surface area contributed by atoms with Crippen LogP contribution in [-0.4, -0.2) is 0 Å². The number of rotatable bonds is 5. The van der Waals surface area contributed by atoms with Gasteiger partial charge in [-0.2, -0.15) is 0 Å². The lowest BCUT2D eigenvalue weighted by Gasteiger charge is -2.36. The van der Waals surface area contributed by atoms with Crippen molar-refractivity contribution in [2.45, 2.75) is 80.6 Å². The van der Waals surface area contributed by atoms with E-state index in [9.17, 15) is 0 Å².